The number of alkyl halides is 9. The van der Waals surface area contributed by atoms with Crippen molar-refractivity contribution in [1.29, 1.82) is 0 Å². The van der Waals surface area contributed by atoms with Gasteiger partial charge in [0.05, 0.1) is 0 Å². The molecule has 0 spiro atoms. The van der Waals surface area contributed by atoms with Gasteiger partial charge in [0.15, 0.2) is 0 Å². The molecule has 0 unspecified atom stereocenters. The number of nitrogens with one attached hydrogen (secondary N) is 1. The van der Waals surface area contributed by atoms with Gasteiger partial charge in [0.1, 0.15) is 5.82 Å². The predicted octanol–water partition coefficient (Wildman–Crippen LogP) is 3.52. The maximum Gasteiger partial charge on any atom is 0.428 e. The zero-order valence-corrected chi connectivity index (χ0v) is 11.9. The second-order valence-corrected chi connectivity index (χ2v) is 5.11. The molecule has 1 aliphatic rings. The summed E-state index contributed by atoms with van der Waals surface area (Å²) in [6.07, 6.45) is -5.30. The summed E-state index contributed by atoms with van der Waals surface area (Å²) < 4.78 is 122. The van der Waals surface area contributed by atoms with Crippen molar-refractivity contribution >= 4 is 11.7 Å². The Morgan fingerprint density at radius 1 is 1.12 bits per heavy atom. The lowest BCUT2D eigenvalue weighted by Gasteiger charge is -2.31. The average molecular weight is 382 g/mol. The monoisotopic (exact) mass is 382 g/mol. The molecular formula is C12H7F9N2O2. The van der Waals surface area contributed by atoms with Crippen LogP contribution in [0.3, 0.4) is 0 Å². The Kier molecular flexibility index (Phi) is 4.03. The molecular weight excluding hydrogens is 375 g/mol. The summed E-state index contributed by atoms with van der Waals surface area (Å²) in [6, 6.07) is 2.27. The van der Waals surface area contributed by atoms with Crippen LogP contribution in [0, 0.1) is 6.92 Å². The van der Waals surface area contributed by atoms with E-state index in [1.165, 1.54) is 18.3 Å². The van der Waals surface area contributed by atoms with E-state index in [2.05, 4.69) is 9.72 Å². The number of rotatable bonds is 3. The number of aryl methyl sites for hydroxylation is 1. The largest absolute Gasteiger partial charge is 0.428 e. The minimum absolute atomic E-state index is 0.337. The molecule has 0 aromatic carbocycles. The first-order valence-corrected chi connectivity index (χ1v) is 6.24. The molecule has 0 aliphatic carbocycles. The van der Waals surface area contributed by atoms with Gasteiger partial charge in [-0.25, -0.2) is 4.98 Å². The van der Waals surface area contributed by atoms with E-state index in [0.29, 0.717) is 5.56 Å². The quantitative estimate of drug-likeness (QED) is 0.814. The normalized spacial score (nSPS) is 27.1. The molecule has 1 amide bonds. The van der Waals surface area contributed by atoms with Crippen LogP contribution in [-0.4, -0.2) is 40.6 Å². The smallest absolute Gasteiger partial charge is 0.305 e. The van der Waals surface area contributed by atoms with Crippen LogP contribution in [0.15, 0.2) is 18.3 Å². The topological polar surface area (TPSA) is 51.2 Å². The summed E-state index contributed by atoms with van der Waals surface area (Å²) in [7, 11) is 0. The molecule has 0 radical (unpaired) electrons. The number of hydrogen-bond donors (Lipinski definition) is 1. The lowest BCUT2D eigenvalue weighted by molar-refractivity contribution is -0.366. The highest BCUT2D eigenvalue weighted by Gasteiger charge is 2.96. The number of halogens is 9. The van der Waals surface area contributed by atoms with E-state index >= 15 is 0 Å². The van der Waals surface area contributed by atoms with E-state index in [1.807, 2.05) is 0 Å². The van der Waals surface area contributed by atoms with Crippen molar-refractivity contribution in [2.45, 2.75) is 36.7 Å². The molecule has 2 rings (SSSR count). The van der Waals surface area contributed by atoms with Gasteiger partial charge in [-0.1, -0.05) is 0 Å². The first-order valence-electron chi connectivity index (χ1n) is 6.24. The van der Waals surface area contributed by atoms with Gasteiger partial charge in [-0.15, -0.1) is 0 Å². The van der Waals surface area contributed by atoms with E-state index in [1.54, 1.807) is 0 Å². The van der Waals surface area contributed by atoms with Gasteiger partial charge in [-0.3, -0.25) is 9.53 Å². The van der Waals surface area contributed by atoms with E-state index < -0.39 is 41.5 Å². The molecule has 1 aliphatic heterocycles. The summed E-state index contributed by atoms with van der Waals surface area (Å²) in [6.45, 7) is 1.40. The Morgan fingerprint density at radius 2 is 1.68 bits per heavy atom. The fourth-order valence-corrected chi connectivity index (χ4v) is 1.90. The van der Waals surface area contributed by atoms with Crippen LogP contribution in [0.5, 0.6) is 0 Å². The number of pyridine rings is 1. The van der Waals surface area contributed by atoms with Crippen LogP contribution in [0.1, 0.15) is 5.56 Å². The summed E-state index contributed by atoms with van der Waals surface area (Å²) in [5, 5.41) is 1.17. The number of carbonyl (C=O) groups is 1. The van der Waals surface area contributed by atoms with Gasteiger partial charge in [0, 0.05) is 6.20 Å². The van der Waals surface area contributed by atoms with Crippen molar-refractivity contribution in [3.05, 3.63) is 23.9 Å². The number of ether oxygens (including phenoxy) is 1. The first kappa shape index (κ1) is 19.3. The maximum atomic E-state index is 13.9. The van der Waals surface area contributed by atoms with Gasteiger partial charge in [0.25, 0.3) is 0 Å². The lowest BCUT2D eigenvalue weighted by Crippen LogP contribution is -2.63. The van der Waals surface area contributed by atoms with Crippen molar-refractivity contribution in [3.63, 3.8) is 0 Å². The van der Waals surface area contributed by atoms with Gasteiger partial charge in [-0.2, -0.15) is 39.5 Å². The van der Waals surface area contributed by atoms with Crippen LogP contribution >= 0.6 is 0 Å². The van der Waals surface area contributed by atoms with E-state index in [4.69, 9.17) is 0 Å². The summed E-state index contributed by atoms with van der Waals surface area (Å²) >= 11 is 0. The Hall–Kier alpha value is -2.05. The number of carbonyl (C=O) groups excluding carboxylic acids is 1. The van der Waals surface area contributed by atoms with Crippen molar-refractivity contribution in [2.24, 2.45) is 0 Å². The maximum absolute atomic E-state index is 13.9. The fraction of sp³-hybridized carbons (Fsp3) is 0.500. The molecule has 140 valence electrons. The summed E-state index contributed by atoms with van der Waals surface area (Å²) in [4.78, 5) is 14.7. The van der Waals surface area contributed by atoms with Crippen LogP contribution < -0.4 is 5.32 Å². The van der Waals surface area contributed by atoms with Crippen LogP contribution in [0.2, 0.25) is 0 Å². The third-order valence-corrected chi connectivity index (χ3v) is 3.28. The minimum atomic E-state index is -6.72. The fourth-order valence-electron chi connectivity index (χ4n) is 1.90. The highest BCUT2D eigenvalue weighted by molar-refractivity contribution is 5.96. The third-order valence-electron chi connectivity index (χ3n) is 3.28. The number of aromatic nitrogens is 1. The van der Waals surface area contributed by atoms with Crippen LogP contribution in [0.25, 0.3) is 0 Å². The van der Waals surface area contributed by atoms with E-state index in [-0.39, 0.29) is 0 Å². The Labute approximate surface area is 133 Å². The van der Waals surface area contributed by atoms with Crippen molar-refractivity contribution < 1.29 is 49.0 Å². The number of hydrogen-bond acceptors (Lipinski definition) is 3. The zero-order valence-electron chi connectivity index (χ0n) is 11.9. The van der Waals surface area contributed by atoms with E-state index in [9.17, 15) is 44.3 Å². The average Bonchev–Trinajstić information content (AvgIpc) is 2.54. The molecule has 1 atom stereocenters. The number of anilines is 1. The standard InChI is InChI=1S/C12H7F9N2O2/c1-5-2-3-22-6(4-5)23-7(24)8(13,14)11(19)9(15,16)10(17,18)12(20,21)25-11/h2-4H,1H3,(H,22,23,24)/t11-/m1/s1. The molecule has 1 N–H and O–H groups in total. The van der Waals surface area contributed by atoms with Crippen LogP contribution in [-0.2, 0) is 9.53 Å². The first-order chi connectivity index (χ1) is 11.1. The molecule has 13 heteroatoms. The summed E-state index contributed by atoms with van der Waals surface area (Å²) in [5.74, 6) is -29.4. The van der Waals surface area contributed by atoms with Gasteiger partial charge in [-0.05, 0) is 24.6 Å². The molecule has 4 nitrogen and oxygen atoms in total. The summed E-state index contributed by atoms with van der Waals surface area (Å²) in [5.41, 5.74) is 0.337. The third kappa shape index (κ3) is 2.43. The second kappa shape index (κ2) is 5.22. The number of nitrogens with zero attached hydrogens (tertiary/aromatic N) is 1. The number of amides is 1. The molecule has 0 bridgehead atoms. The van der Waals surface area contributed by atoms with Gasteiger partial charge < -0.3 is 5.32 Å². The Balaban J connectivity index is 2.42. The van der Waals surface area contributed by atoms with Gasteiger partial charge >= 0.3 is 35.6 Å². The van der Waals surface area contributed by atoms with E-state index in [0.717, 1.165) is 12.3 Å². The minimum Gasteiger partial charge on any atom is -0.305 e. The zero-order chi connectivity index (χ0) is 19.5. The van der Waals surface area contributed by atoms with Crippen LogP contribution in [0.4, 0.5) is 45.3 Å². The predicted molar refractivity (Wildman–Crippen MR) is 62.3 cm³/mol. The SMILES string of the molecule is Cc1ccnc(NC(=O)C(F)(F)[C@@]2(F)OC(F)(F)C(F)(F)C2(F)F)c1. The Bertz CT molecular complexity index is 710. The molecule has 1 fully saturated rings. The van der Waals surface area contributed by atoms with Crippen molar-refractivity contribution in [1.82, 2.24) is 4.98 Å². The lowest BCUT2D eigenvalue weighted by atomic mass is 9.99. The van der Waals surface area contributed by atoms with Gasteiger partial charge in [0.2, 0.25) is 0 Å². The molecule has 1 saturated heterocycles. The van der Waals surface area contributed by atoms with Crippen molar-refractivity contribution in [3.8, 4) is 0 Å². The molecule has 2 heterocycles. The highest BCUT2D eigenvalue weighted by atomic mass is 19.4. The molecule has 0 saturated carbocycles. The Morgan fingerprint density at radius 3 is 2.12 bits per heavy atom. The highest BCUT2D eigenvalue weighted by Crippen LogP contribution is 2.64. The molecule has 1 aromatic rings. The molecule has 25 heavy (non-hydrogen) atoms. The molecule has 1 aromatic heterocycles. The second-order valence-electron chi connectivity index (χ2n) is 5.11. The van der Waals surface area contributed by atoms with Crippen molar-refractivity contribution in [2.75, 3.05) is 5.32 Å².